The second-order valence-electron chi connectivity index (χ2n) is 6.10. The van der Waals surface area contributed by atoms with E-state index in [-0.39, 0.29) is 5.41 Å². The monoisotopic (exact) mass is 306 g/mol. The highest BCUT2D eigenvalue weighted by molar-refractivity contribution is 7.89. The molecule has 1 aliphatic rings. The van der Waals surface area contributed by atoms with Crippen molar-refractivity contribution < 1.29 is 8.42 Å². The lowest BCUT2D eigenvalue weighted by atomic mass is 9.83. The van der Waals surface area contributed by atoms with Gasteiger partial charge in [0.2, 0.25) is 10.0 Å². The Bertz CT molecular complexity index is 642. The molecular weight excluding hydrogens is 284 g/mol. The second kappa shape index (κ2) is 6.18. The third-order valence-corrected chi connectivity index (χ3v) is 5.82. The average molecular weight is 306 g/mol. The summed E-state index contributed by atoms with van der Waals surface area (Å²) in [6, 6.07) is 6.69. The van der Waals surface area contributed by atoms with Crippen molar-refractivity contribution in [2.24, 2.45) is 11.1 Å². The molecule has 0 radical (unpaired) electrons. The van der Waals surface area contributed by atoms with Crippen LogP contribution in [0.1, 0.15) is 32.3 Å². The predicted octanol–water partition coefficient (Wildman–Crippen LogP) is 1.81. The van der Waals surface area contributed by atoms with Gasteiger partial charge in [0.15, 0.2) is 0 Å². The van der Waals surface area contributed by atoms with Crippen molar-refractivity contribution >= 4 is 10.0 Å². The Labute approximate surface area is 127 Å². The lowest BCUT2D eigenvalue weighted by Crippen LogP contribution is -2.41. The van der Waals surface area contributed by atoms with E-state index in [9.17, 15) is 8.42 Å². The Balaban J connectivity index is 2.16. The van der Waals surface area contributed by atoms with E-state index in [0.717, 1.165) is 18.4 Å². The molecule has 1 saturated heterocycles. The van der Waals surface area contributed by atoms with Crippen LogP contribution in [-0.4, -0.2) is 32.4 Å². The van der Waals surface area contributed by atoms with Gasteiger partial charge >= 0.3 is 0 Å². The summed E-state index contributed by atoms with van der Waals surface area (Å²) in [5.74, 6) is 5.64. The maximum atomic E-state index is 12.6. The molecule has 0 aliphatic carbocycles. The summed E-state index contributed by atoms with van der Waals surface area (Å²) >= 11 is 0. The van der Waals surface area contributed by atoms with Crippen molar-refractivity contribution in [2.75, 3.05) is 19.6 Å². The van der Waals surface area contributed by atoms with E-state index in [1.54, 1.807) is 28.6 Å². The molecule has 2 rings (SSSR count). The number of benzene rings is 1. The van der Waals surface area contributed by atoms with Crippen molar-refractivity contribution in [1.29, 1.82) is 0 Å². The molecule has 5 heteroatoms. The van der Waals surface area contributed by atoms with E-state index in [4.69, 9.17) is 5.73 Å². The molecule has 1 fully saturated rings. The number of hydrogen-bond acceptors (Lipinski definition) is 3. The van der Waals surface area contributed by atoms with E-state index in [1.165, 1.54) is 0 Å². The molecule has 1 heterocycles. The first kappa shape index (κ1) is 16.0. The molecule has 0 unspecified atom stereocenters. The van der Waals surface area contributed by atoms with Crippen LogP contribution in [0.5, 0.6) is 0 Å². The number of piperidine rings is 1. The van der Waals surface area contributed by atoms with Gasteiger partial charge in [0.1, 0.15) is 0 Å². The van der Waals surface area contributed by atoms with Crippen molar-refractivity contribution in [1.82, 2.24) is 4.31 Å². The molecular formula is C16H22N2O2S. The first-order valence-electron chi connectivity index (χ1n) is 7.14. The Morgan fingerprint density at radius 2 is 1.76 bits per heavy atom. The minimum atomic E-state index is -3.39. The van der Waals surface area contributed by atoms with Crippen LogP contribution in [0.3, 0.4) is 0 Å². The Morgan fingerprint density at radius 1 is 1.19 bits per heavy atom. The lowest BCUT2D eigenvalue weighted by molar-refractivity contribution is 0.196. The zero-order valence-electron chi connectivity index (χ0n) is 12.6. The highest BCUT2D eigenvalue weighted by atomic mass is 32.2. The van der Waals surface area contributed by atoms with Crippen molar-refractivity contribution in [3.05, 3.63) is 29.8 Å². The molecule has 21 heavy (non-hydrogen) atoms. The van der Waals surface area contributed by atoms with E-state index in [2.05, 4.69) is 25.7 Å². The van der Waals surface area contributed by atoms with Crippen LogP contribution in [0, 0.1) is 17.3 Å². The summed E-state index contributed by atoms with van der Waals surface area (Å²) in [5.41, 5.74) is 6.33. The molecule has 0 spiro atoms. The summed E-state index contributed by atoms with van der Waals surface area (Å²) < 4.78 is 26.8. The smallest absolute Gasteiger partial charge is 0.243 e. The van der Waals surface area contributed by atoms with Crippen LogP contribution >= 0.6 is 0 Å². The first-order chi connectivity index (χ1) is 9.85. The van der Waals surface area contributed by atoms with Gasteiger partial charge in [-0.15, -0.1) is 0 Å². The van der Waals surface area contributed by atoms with Gasteiger partial charge in [0, 0.05) is 18.7 Å². The normalized spacial score (nSPS) is 18.8. The van der Waals surface area contributed by atoms with Gasteiger partial charge in [-0.1, -0.05) is 25.7 Å². The number of sulfonamides is 1. The standard InChI is InChI=1S/C16H22N2O2S/c1-16(2)9-12-18(13-10-16)21(19,20)15-7-5-14(6-8-15)4-3-11-17/h5-8H,9-13,17H2,1-2H3. The second-order valence-corrected chi connectivity index (χ2v) is 8.04. The van der Waals surface area contributed by atoms with Crippen molar-refractivity contribution in [2.45, 2.75) is 31.6 Å². The molecule has 114 valence electrons. The van der Waals surface area contributed by atoms with Crippen molar-refractivity contribution in [3.63, 3.8) is 0 Å². The minimum Gasteiger partial charge on any atom is -0.320 e. The zero-order valence-corrected chi connectivity index (χ0v) is 13.4. The molecule has 1 aromatic carbocycles. The van der Waals surface area contributed by atoms with Crippen LogP contribution in [0.2, 0.25) is 0 Å². The highest BCUT2D eigenvalue weighted by Gasteiger charge is 2.32. The largest absolute Gasteiger partial charge is 0.320 e. The molecule has 2 N–H and O–H groups in total. The number of nitrogens with two attached hydrogens (primary N) is 1. The predicted molar refractivity (Wildman–Crippen MR) is 84.1 cm³/mol. The fraction of sp³-hybridized carbons (Fsp3) is 0.500. The molecule has 1 aromatic rings. The van der Waals surface area contributed by atoms with Crippen LogP contribution < -0.4 is 5.73 Å². The van der Waals surface area contributed by atoms with Gasteiger partial charge in [-0.2, -0.15) is 4.31 Å². The van der Waals surface area contributed by atoms with Gasteiger partial charge < -0.3 is 5.73 Å². The molecule has 0 atom stereocenters. The van der Waals surface area contributed by atoms with Crippen molar-refractivity contribution in [3.8, 4) is 11.8 Å². The molecule has 0 saturated carbocycles. The fourth-order valence-electron chi connectivity index (χ4n) is 2.34. The SMILES string of the molecule is CC1(C)CCN(S(=O)(=O)c2ccc(C#CCN)cc2)CC1. The number of rotatable bonds is 2. The molecule has 0 amide bonds. The topological polar surface area (TPSA) is 63.4 Å². The quantitative estimate of drug-likeness (QED) is 0.848. The summed E-state index contributed by atoms with van der Waals surface area (Å²) in [6.45, 7) is 5.83. The van der Waals surface area contributed by atoms with E-state index < -0.39 is 10.0 Å². The zero-order chi connectivity index (χ0) is 15.5. The summed E-state index contributed by atoms with van der Waals surface area (Å²) in [6.07, 6.45) is 1.79. The number of hydrogen-bond donors (Lipinski definition) is 1. The van der Waals surface area contributed by atoms with Crippen LogP contribution in [0.4, 0.5) is 0 Å². The van der Waals surface area contributed by atoms with Crippen LogP contribution in [-0.2, 0) is 10.0 Å². The Kier molecular flexibility index (Phi) is 4.72. The summed E-state index contributed by atoms with van der Waals surface area (Å²) in [5, 5.41) is 0. The maximum Gasteiger partial charge on any atom is 0.243 e. The first-order valence-corrected chi connectivity index (χ1v) is 8.58. The van der Waals surface area contributed by atoms with Gasteiger partial charge in [0.05, 0.1) is 11.4 Å². The molecule has 0 aromatic heterocycles. The van der Waals surface area contributed by atoms with E-state index in [0.29, 0.717) is 24.5 Å². The lowest BCUT2D eigenvalue weighted by Gasteiger charge is -2.36. The van der Waals surface area contributed by atoms with E-state index >= 15 is 0 Å². The van der Waals surface area contributed by atoms with Crippen LogP contribution in [0.15, 0.2) is 29.2 Å². The van der Waals surface area contributed by atoms with Crippen LogP contribution in [0.25, 0.3) is 0 Å². The van der Waals surface area contributed by atoms with Gasteiger partial charge in [-0.3, -0.25) is 0 Å². The molecule has 1 aliphatic heterocycles. The molecule has 4 nitrogen and oxygen atoms in total. The highest BCUT2D eigenvalue weighted by Crippen LogP contribution is 2.32. The van der Waals surface area contributed by atoms with Gasteiger partial charge in [0.25, 0.3) is 0 Å². The Morgan fingerprint density at radius 3 is 2.29 bits per heavy atom. The van der Waals surface area contributed by atoms with Gasteiger partial charge in [-0.25, -0.2) is 8.42 Å². The fourth-order valence-corrected chi connectivity index (χ4v) is 3.79. The third kappa shape index (κ3) is 3.85. The minimum absolute atomic E-state index is 0.230. The molecule has 0 bridgehead atoms. The maximum absolute atomic E-state index is 12.6. The average Bonchev–Trinajstić information content (AvgIpc) is 2.45. The Hall–Kier alpha value is -1.35. The van der Waals surface area contributed by atoms with Gasteiger partial charge in [-0.05, 0) is 42.5 Å². The summed E-state index contributed by atoms with van der Waals surface area (Å²) in [4.78, 5) is 0.334. The van der Waals surface area contributed by atoms with E-state index in [1.807, 2.05) is 0 Å². The number of nitrogens with zero attached hydrogens (tertiary/aromatic N) is 1. The summed E-state index contributed by atoms with van der Waals surface area (Å²) in [7, 11) is -3.39. The third-order valence-electron chi connectivity index (χ3n) is 3.90.